The van der Waals surface area contributed by atoms with E-state index in [0.717, 1.165) is 4.31 Å². The second kappa shape index (κ2) is 6.92. The lowest BCUT2D eigenvalue weighted by atomic mass is 10.3. The standard InChI is InChI=1S/C12H18ClN3O3S/c1-3-15-12(17)8-16(4-2)20(18,19)11-7-9(14)5-6-10(11)13/h5-7H,3-4,8,14H2,1-2H3,(H,15,17). The van der Waals surface area contributed by atoms with E-state index in [0.29, 0.717) is 12.2 Å². The van der Waals surface area contributed by atoms with E-state index in [2.05, 4.69) is 5.32 Å². The van der Waals surface area contributed by atoms with E-state index in [4.69, 9.17) is 17.3 Å². The van der Waals surface area contributed by atoms with Gasteiger partial charge >= 0.3 is 0 Å². The minimum absolute atomic E-state index is 0.0774. The van der Waals surface area contributed by atoms with E-state index in [1.165, 1.54) is 18.2 Å². The zero-order valence-corrected chi connectivity index (χ0v) is 13.0. The molecule has 0 unspecified atom stereocenters. The van der Waals surface area contributed by atoms with E-state index >= 15 is 0 Å². The molecule has 0 fully saturated rings. The molecule has 0 saturated heterocycles. The maximum atomic E-state index is 12.5. The third-order valence-corrected chi connectivity index (χ3v) is 5.02. The highest BCUT2D eigenvalue weighted by atomic mass is 35.5. The van der Waals surface area contributed by atoms with Gasteiger partial charge in [-0.2, -0.15) is 4.31 Å². The third-order valence-electron chi connectivity index (χ3n) is 2.62. The molecule has 6 nitrogen and oxygen atoms in total. The van der Waals surface area contributed by atoms with E-state index in [1.54, 1.807) is 13.8 Å². The Kier molecular flexibility index (Phi) is 5.79. The summed E-state index contributed by atoms with van der Waals surface area (Å²) in [6.45, 7) is 3.76. The van der Waals surface area contributed by atoms with Crippen LogP contribution in [0.15, 0.2) is 23.1 Å². The van der Waals surface area contributed by atoms with Gasteiger partial charge in [-0.05, 0) is 25.1 Å². The molecule has 0 spiro atoms. The van der Waals surface area contributed by atoms with E-state index in [1.807, 2.05) is 0 Å². The van der Waals surface area contributed by atoms with Crippen LogP contribution in [0.1, 0.15) is 13.8 Å². The molecule has 0 bridgehead atoms. The van der Waals surface area contributed by atoms with Crippen LogP contribution in [-0.2, 0) is 14.8 Å². The maximum Gasteiger partial charge on any atom is 0.245 e. The number of sulfonamides is 1. The minimum Gasteiger partial charge on any atom is -0.399 e. The lowest BCUT2D eigenvalue weighted by Crippen LogP contribution is -2.40. The van der Waals surface area contributed by atoms with E-state index < -0.39 is 10.0 Å². The molecule has 0 aliphatic rings. The summed E-state index contributed by atoms with van der Waals surface area (Å²) in [7, 11) is -3.86. The van der Waals surface area contributed by atoms with Crippen LogP contribution in [0.5, 0.6) is 0 Å². The number of benzene rings is 1. The summed E-state index contributed by atoms with van der Waals surface area (Å²) in [6.07, 6.45) is 0. The average molecular weight is 320 g/mol. The van der Waals surface area contributed by atoms with Gasteiger partial charge in [0.05, 0.1) is 11.6 Å². The molecule has 0 aliphatic heterocycles. The van der Waals surface area contributed by atoms with E-state index in [-0.39, 0.29) is 28.9 Å². The van der Waals surface area contributed by atoms with Crippen LogP contribution in [-0.4, -0.2) is 38.3 Å². The minimum atomic E-state index is -3.86. The Bertz CT molecular complexity index is 590. The van der Waals surface area contributed by atoms with Gasteiger partial charge in [0, 0.05) is 18.8 Å². The Balaban J connectivity index is 3.12. The molecule has 20 heavy (non-hydrogen) atoms. The molecule has 112 valence electrons. The maximum absolute atomic E-state index is 12.5. The Morgan fingerprint density at radius 3 is 2.60 bits per heavy atom. The molecule has 0 heterocycles. The normalized spacial score (nSPS) is 11.6. The first kappa shape index (κ1) is 16.7. The number of carbonyl (C=O) groups excluding carboxylic acids is 1. The molecule has 0 aromatic heterocycles. The van der Waals surface area contributed by atoms with Gasteiger partial charge < -0.3 is 11.1 Å². The number of halogens is 1. The van der Waals surface area contributed by atoms with Crippen LogP contribution in [0.4, 0.5) is 5.69 Å². The third kappa shape index (κ3) is 3.84. The predicted octanol–water partition coefficient (Wildman–Crippen LogP) is 1.07. The first-order chi connectivity index (χ1) is 9.32. The molecule has 1 rings (SSSR count). The summed E-state index contributed by atoms with van der Waals surface area (Å²) in [5.74, 6) is -0.363. The molecule has 1 aromatic rings. The number of hydrogen-bond donors (Lipinski definition) is 2. The highest BCUT2D eigenvalue weighted by Crippen LogP contribution is 2.26. The summed E-state index contributed by atoms with van der Waals surface area (Å²) in [6, 6.07) is 4.23. The number of nitrogens with zero attached hydrogens (tertiary/aromatic N) is 1. The number of carbonyl (C=O) groups is 1. The van der Waals surface area contributed by atoms with Crippen molar-refractivity contribution in [1.29, 1.82) is 0 Å². The average Bonchev–Trinajstić information content (AvgIpc) is 2.38. The van der Waals surface area contributed by atoms with Crippen molar-refractivity contribution in [3.63, 3.8) is 0 Å². The summed E-state index contributed by atoms with van der Waals surface area (Å²) in [4.78, 5) is 11.5. The summed E-state index contributed by atoms with van der Waals surface area (Å²) in [5, 5.41) is 2.63. The van der Waals surface area contributed by atoms with Crippen LogP contribution in [0.2, 0.25) is 5.02 Å². The van der Waals surface area contributed by atoms with Gasteiger partial charge in [0.15, 0.2) is 0 Å². The van der Waals surface area contributed by atoms with Gasteiger partial charge in [-0.15, -0.1) is 0 Å². The number of nitrogen functional groups attached to an aromatic ring is 1. The molecule has 0 aliphatic carbocycles. The largest absolute Gasteiger partial charge is 0.399 e. The Morgan fingerprint density at radius 1 is 1.40 bits per heavy atom. The number of likely N-dealkylation sites (N-methyl/N-ethyl adjacent to an activating group) is 2. The van der Waals surface area contributed by atoms with Gasteiger partial charge in [0.25, 0.3) is 0 Å². The van der Waals surface area contributed by atoms with Crippen LogP contribution < -0.4 is 11.1 Å². The van der Waals surface area contributed by atoms with Gasteiger partial charge in [-0.25, -0.2) is 8.42 Å². The fourth-order valence-corrected chi connectivity index (χ4v) is 3.55. The quantitative estimate of drug-likeness (QED) is 0.767. The number of amides is 1. The van der Waals surface area contributed by atoms with Gasteiger partial charge in [0.2, 0.25) is 15.9 Å². The highest BCUT2D eigenvalue weighted by Gasteiger charge is 2.27. The van der Waals surface area contributed by atoms with Crippen molar-refractivity contribution in [3.8, 4) is 0 Å². The molecular weight excluding hydrogens is 302 g/mol. The molecule has 8 heteroatoms. The Hall–Kier alpha value is -1.31. The molecule has 0 atom stereocenters. The number of nitrogens with one attached hydrogen (secondary N) is 1. The lowest BCUT2D eigenvalue weighted by Gasteiger charge is -2.20. The number of rotatable bonds is 6. The highest BCUT2D eigenvalue weighted by molar-refractivity contribution is 7.89. The van der Waals surface area contributed by atoms with E-state index in [9.17, 15) is 13.2 Å². The molecule has 0 radical (unpaired) electrons. The Morgan fingerprint density at radius 2 is 2.05 bits per heavy atom. The zero-order chi connectivity index (χ0) is 15.3. The van der Waals surface area contributed by atoms with Crippen LogP contribution in [0.3, 0.4) is 0 Å². The van der Waals surface area contributed by atoms with Crippen molar-refractivity contribution in [3.05, 3.63) is 23.2 Å². The summed E-state index contributed by atoms with van der Waals surface area (Å²) in [5.41, 5.74) is 5.89. The van der Waals surface area contributed by atoms with Crippen molar-refractivity contribution in [2.75, 3.05) is 25.4 Å². The van der Waals surface area contributed by atoms with Gasteiger partial charge in [0.1, 0.15) is 4.90 Å². The van der Waals surface area contributed by atoms with Crippen molar-refractivity contribution < 1.29 is 13.2 Å². The number of nitrogens with two attached hydrogens (primary N) is 1. The van der Waals surface area contributed by atoms with Gasteiger partial charge in [-0.1, -0.05) is 18.5 Å². The van der Waals surface area contributed by atoms with Crippen molar-refractivity contribution >= 4 is 33.2 Å². The zero-order valence-electron chi connectivity index (χ0n) is 11.4. The topological polar surface area (TPSA) is 92.5 Å². The second-order valence-corrected chi connectivity index (χ2v) is 6.39. The summed E-state index contributed by atoms with van der Waals surface area (Å²) < 4.78 is 26.0. The van der Waals surface area contributed by atoms with Crippen LogP contribution >= 0.6 is 11.6 Å². The Labute approximate surface area is 123 Å². The van der Waals surface area contributed by atoms with Crippen LogP contribution in [0, 0.1) is 0 Å². The summed E-state index contributed by atoms with van der Waals surface area (Å²) >= 11 is 5.92. The molecule has 1 amide bonds. The molecule has 1 aromatic carbocycles. The number of anilines is 1. The SMILES string of the molecule is CCNC(=O)CN(CC)S(=O)(=O)c1cc(N)ccc1Cl. The molecule has 0 saturated carbocycles. The number of hydrogen-bond acceptors (Lipinski definition) is 4. The smallest absolute Gasteiger partial charge is 0.245 e. The predicted molar refractivity (Wildman–Crippen MR) is 79.0 cm³/mol. The van der Waals surface area contributed by atoms with Gasteiger partial charge in [-0.3, -0.25) is 4.79 Å². The molecular formula is C12H18ClN3O3S. The van der Waals surface area contributed by atoms with Crippen molar-refractivity contribution in [2.45, 2.75) is 18.7 Å². The monoisotopic (exact) mass is 319 g/mol. The fraction of sp³-hybridized carbons (Fsp3) is 0.417. The second-order valence-electron chi connectivity index (χ2n) is 4.07. The fourth-order valence-electron chi connectivity index (χ4n) is 1.64. The molecule has 3 N–H and O–H groups in total. The van der Waals surface area contributed by atoms with Crippen molar-refractivity contribution in [1.82, 2.24) is 9.62 Å². The first-order valence-corrected chi connectivity index (χ1v) is 7.96. The first-order valence-electron chi connectivity index (χ1n) is 6.14. The van der Waals surface area contributed by atoms with Crippen LogP contribution in [0.25, 0.3) is 0 Å². The lowest BCUT2D eigenvalue weighted by molar-refractivity contribution is -0.121. The van der Waals surface area contributed by atoms with Crippen molar-refractivity contribution in [2.24, 2.45) is 0 Å².